The Bertz CT molecular complexity index is 872. The van der Waals surface area contributed by atoms with Gasteiger partial charge >= 0.3 is 0 Å². The van der Waals surface area contributed by atoms with Crippen molar-refractivity contribution < 1.29 is 5.11 Å². The van der Waals surface area contributed by atoms with Crippen LogP contribution in [0.4, 0.5) is 5.82 Å². The number of aliphatic hydroxyl groups excluding tert-OH is 1. The number of hydrogen-bond donors (Lipinski definition) is 1. The predicted octanol–water partition coefficient (Wildman–Crippen LogP) is 3.75. The molecule has 1 saturated heterocycles. The summed E-state index contributed by atoms with van der Waals surface area (Å²) in [5, 5.41) is 10.2. The first-order valence-corrected chi connectivity index (χ1v) is 11.0. The summed E-state index contributed by atoms with van der Waals surface area (Å²) in [6.07, 6.45) is 4.10. The van der Waals surface area contributed by atoms with Crippen LogP contribution in [-0.4, -0.2) is 58.8 Å². The maximum Gasteiger partial charge on any atom is 0.136 e. The van der Waals surface area contributed by atoms with Gasteiger partial charge < -0.3 is 10.0 Å². The van der Waals surface area contributed by atoms with Crippen molar-refractivity contribution in [3.63, 3.8) is 0 Å². The third kappa shape index (κ3) is 5.67. The Hall–Kier alpha value is -2.24. The molecule has 0 spiro atoms. The number of β-amino-alcohol motifs (C(OH)–C–C–N with tert-alkyl or cyclic N) is 1. The van der Waals surface area contributed by atoms with Crippen molar-refractivity contribution in [2.45, 2.75) is 53.1 Å². The Morgan fingerprint density at radius 3 is 2.53 bits per heavy atom. The molecule has 1 aromatic carbocycles. The van der Waals surface area contributed by atoms with Gasteiger partial charge in [0.1, 0.15) is 11.6 Å². The van der Waals surface area contributed by atoms with E-state index in [1.165, 1.54) is 22.3 Å². The highest BCUT2D eigenvalue weighted by Gasteiger charge is 2.23. The van der Waals surface area contributed by atoms with Crippen LogP contribution in [-0.2, 0) is 6.42 Å². The third-order valence-electron chi connectivity index (χ3n) is 6.02. The van der Waals surface area contributed by atoms with Crippen molar-refractivity contribution in [3.05, 3.63) is 64.6 Å². The standard InChI is InChI=1S/C25H36N4O/c1-6-7-8-23(30)17-28-11-13-29(14-12-28)25-24(20(4)26-21(5)27-25)16-22-15-18(2)9-10-19(22)3/h6,9-10,15,23,30H,1,7-8,11-14,16-17H2,2-5H3/t23-/m0/s1. The molecule has 1 N–H and O–H groups in total. The fourth-order valence-corrected chi connectivity index (χ4v) is 4.21. The molecule has 1 aliphatic heterocycles. The Kier molecular flexibility index (Phi) is 7.62. The van der Waals surface area contributed by atoms with Gasteiger partial charge in [-0.2, -0.15) is 0 Å². The van der Waals surface area contributed by atoms with Crippen LogP contribution < -0.4 is 4.90 Å². The number of aryl methyl sites for hydroxylation is 4. The first-order chi connectivity index (χ1) is 14.4. The highest BCUT2D eigenvalue weighted by Crippen LogP contribution is 2.26. The Morgan fingerprint density at radius 1 is 1.10 bits per heavy atom. The molecule has 1 aromatic heterocycles. The lowest BCUT2D eigenvalue weighted by Gasteiger charge is -2.37. The molecule has 0 unspecified atom stereocenters. The zero-order chi connectivity index (χ0) is 21.7. The van der Waals surface area contributed by atoms with Gasteiger partial charge in [0.05, 0.1) is 6.10 Å². The Balaban J connectivity index is 1.75. The first kappa shape index (κ1) is 22.4. The van der Waals surface area contributed by atoms with Gasteiger partial charge in [-0.25, -0.2) is 9.97 Å². The van der Waals surface area contributed by atoms with Gasteiger partial charge in [0.2, 0.25) is 0 Å². The van der Waals surface area contributed by atoms with E-state index in [1.54, 1.807) is 0 Å². The minimum atomic E-state index is -0.280. The summed E-state index contributed by atoms with van der Waals surface area (Å²) in [6, 6.07) is 6.65. The van der Waals surface area contributed by atoms with Gasteiger partial charge in [0.25, 0.3) is 0 Å². The molecule has 0 radical (unpaired) electrons. The van der Waals surface area contributed by atoms with Crippen molar-refractivity contribution in [1.82, 2.24) is 14.9 Å². The minimum Gasteiger partial charge on any atom is -0.392 e. The molecule has 2 heterocycles. The van der Waals surface area contributed by atoms with E-state index in [1.807, 2.05) is 13.0 Å². The zero-order valence-corrected chi connectivity index (χ0v) is 19.0. The summed E-state index contributed by atoms with van der Waals surface area (Å²) in [5.41, 5.74) is 6.24. The molecular weight excluding hydrogens is 372 g/mol. The number of aromatic nitrogens is 2. The van der Waals surface area contributed by atoms with Gasteiger partial charge in [-0.05, 0) is 51.7 Å². The van der Waals surface area contributed by atoms with Gasteiger partial charge in [0, 0.05) is 50.4 Å². The summed E-state index contributed by atoms with van der Waals surface area (Å²) in [7, 11) is 0. The summed E-state index contributed by atoms with van der Waals surface area (Å²) < 4.78 is 0. The maximum absolute atomic E-state index is 10.2. The summed E-state index contributed by atoms with van der Waals surface area (Å²) in [4.78, 5) is 14.3. The van der Waals surface area contributed by atoms with Crippen molar-refractivity contribution >= 4 is 5.82 Å². The van der Waals surface area contributed by atoms with E-state index in [9.17, 15) is 5.11 Å². The topological polar surface area (TPSA) is 52.5 Å². The number of rotatable bonds is 8. The smallest absolute Gasteiger partial charge is 0.136 e. The van der Waals surface area contributed by atoms with Gasteiger partial charge in [-0.15, -0.1) is 6.58 Å². The fraction of sp³-hybridized carbons (Fsp3) is 0.520. The molecule has 1 aliphatic rings. The van der Waals surface area contributed by atoms with Crippen molar-refractivity contribution in [3.8, 4) is 0 Å². The average molecular weight is 409 g/mol. The van der Waals surface area contributed by atoms with Crippen molar-refractivity contribution in [1.29, 1.82) is 0 Å². The number of benzene rings is 1. The monoisotopic (exact) mass is 408 g/mol. The average Bonchev–Trinajstić information content (AvgIpc) is 2.71. The second-order valence-electron chi connectivity index (χ2n) is 8.57. The Labute approximate surface area is 181 Å². The lowest BCUT2D eigenvalue weighted by molar-refractivity contribution is 0.103. The predicted molar refractivity (Wildman–Crippen MR) is 124 cm³/mol. The molecule has 162 valence electrons. The molecule has 1 atom stereocenters. The minimum absolute atomic E-state index is 0.280. The molecule has 0 saturated carbocycles. The maximum atomic E-state index is 10.2. The lowest BCUT2D eigenvalue weighted by Crippen LogP contribution is -2.49. The van der Waals surface area contributed by atoms with Crippen LogP contribution in [0.5, 0.6) is 0 Å². The van der Waals surface area contributed by atoms with Gasteiger partial charge in [-0.1, -0.05) is 29.8 Å². The summed E-state index contributed by atoms with van der Waals surface area (Å²) in [6.45, 7) is 16.6. The highest BCUT2D eigenvalue weighted by atomic mass is 16.3. The van der Waals surface area contributed by atoms with E-state index in [0.717, 1.165) is 69.3 Å². The molecule has 5 nitrogen and oxygen atoms in total. The normalized spacial score (nSPS) is 16.0. The second kappa shape index (κ2) is 10.2. The third-order valence-corrected chi connectivity index (χ3v) is 6.02. The van der Waals surface area contributed by atoms with Crippen molar-refractivity contribution in [2.24, 2.45) is 0 Å². The molecule has 5 heteroatoms. The fourth-order valence-electron chi connectivity index (χ4n) is 4.21. The second-order valence-corrected chi connectivity index (χ2v) is 8.57. The van der Waals surface area contributed by atoms with E-state index in [2.05, 4.69) is 60.3 Å². The number of anilines is 1. The zero-order valence-electron chi connectivity index (χ0n) is 19.0. The molecule has 0 aliphatic carbocycles. The summed E-state index contributed by atoms with van der Waals surface area (Å²) >= 11 is 0. The van der Waals surface area contributed by atoms with E-state index in [-0.39, 0.29) is 6.10 Å². The number of aliphatic hydroxyl groups is 1. The molecule has 1 fully saturated rings. The van der Waals surface area contributed by atoms with Crippen LogP contribution in [0, 0.1) is 27.7 Å². The van der Waals surface area contributed by atoms with Crippen molar-refractivity contribution in [2.75, 3.05) is 37.6 Å². The largest absolute Gasteiger partial charge is 0.392 e. The Morgan fingerprint density at radius 2 is 1.83 bits per heavy atom. The molecule has 0 bridgehead atoms. The molecule has 0 amide bonds. The number of hydrogen-bond acceptors (Lipinski definition) is 5. The van der Waals surface area contributed by atoms with Crippen LogP contribution in [0.2, 0.25) is 0 Å². The van der Waals surface area contributed by atoms with Gasteiger partial charge in [0.15, 0.2) is 0 Å². The van der Waals surface area contributed by atoms with E-state index in [4.69, 9.17) is 4.98 Å². The number of nitrogens with zero attached hydrogens (tertiary/aromatic N) is 4. The first-order valence-electron chi connectivity index (χ1n) is 11.0. The van der Waals surface area contributed by atoms with E-state index in [0.29, 0.717) is 0 Å². The lowest BCUT2D eigenvalue weighted by atomic mass is 9.97. The number of piperazine rings is 1. The number of allylic oxidation sites excluding steroid dienone is 1. The molecular formula is C25H36N4O. The van der Waals surface area contributed by atoms with Crippen LogP contribution >= 0.6 is 0 Å². The van der Waals surface area contributed by atoms with E-state index >= 15 is 0 Å². The van der Waals surface area contributed by atoms with E-state index < -0.39 is 0 Å². The molecule has 30 heavy (non-hydrogen) atoms. The van der Waals surface area contributed by atoms with Crippen LogP contribution in [0.1, 0.15) is 46.6 Å². The molecule has 3 rings (SSSR count). The van der Waals surface area contributed by atoms with Crippen LogP contribution in [0.25, 0.3) is 0 Å². The highest BCUT2D eigenvalue weighted by molar-refractivity contribution is 5.52. The summed E-state index contributed by atoms with van der Waals surface area (Å²) in [5.74, 6) is 1.90. The molecule has 2 aromatic rings. The SMILES string of the molecule is C=CCC[C@H](O)CN1CCN(c2nc(C)nc(C)c2Cc2cc(C)ccc2C)CC1. The van der Waals surface area contributed by atoms with Gasteiger partial charge in [-0.3, -0.25) is 4.90 Å². The van der Waals surface area contributed by atoms with Crippen LogP contribution in [0.15, 0.2) is 30.9 Å². The van der Waals surface area contributed by atoms with Crippen LogP contribution in [0.3, 0.4) is 0 Å². The quantitative estimate of drug-likeness (QED) is 0.674.